The Morgan fingerprint density at radius 1 is 1.14 bits per heavy atom. The molecule has 3 heteroatoms. The lowest BCUT2D eigenvalue weighted by Crippen LogP contribution is -2.35. The van der Waals surface area contributed by atoms with E-state index in [4.69, 9.17) is 4.74 Å². The van der Waals surface area contributed by atoms with Crippen molar-refractivity contribution >= 4 is 5.69 Å². The van der Waals surface area contributed by atoms with Gasteiger partial charge in [-0.25, -0.2) is 0 Å². The number of rotatable bonds is 5. The highest BCUT2D eigenvalue weighted by molar-refractivity contribution is 5.45. The first-order chi connectivity index (χ1) is 10.3. The molecule has 3 nitrogen and oxygen atoms in total. The third-order valence-corrected chi connectivity index (χ3v) is 4.95. The molecule has 2 unspecified atom stereocenters. The van der Waals surface area contributed by atoms with E-state index in [1.54, 1.807) is 0 Å². The van der Waals surface area contributed by atoms with Gasteiger partial charge >= 0.3 is 0 Å². The minimum absolute atomic E-state index is 0.681. The van der Waals surface area contributed by atoms with Gasteiger partial charge in [0.1, 0.15) is 0 Å². The van der Waals surface area contributed by atoms with Gasteiger partial charge in [0.15, 0.2) is 0 Å². The van der Waals surface area contributed by atoms with Gasteiger partial charge in [-0.05, 0) is 42.9 Å². The second-order valence-corrected chi connectivity index (χ2v) is 6.51. The molecule has 1 saturated heterocycles. The molecule has 1 heterocycles. The van der Waals surface area contributed by atoms with E-state index >= 15 is 0 Å². The van der Waals surface area contributed by atoms with E-state index in [-0.39, 0.29) is 0 Å². The van der Waals surface area contributed by atoms with Crippen molar-refractivity contribution in [3.8, 4) is 0 Å². The summed E-state index contributed by atoms with van der Waals surface area (Å²) in [5.74, 6) is 0.933. The maximum atomic E-state index is 5.40. The smallest absolute Gasteiger partial charge is 0.0594 e. The van der Waals surface area contributed by atoms with Gasteiger partial charge < -0.3 is 10.1 Å². The van der Waals surface area contributed by atoms with Crippen LogP contribution in [0.5, 0.6) is 0 Å². The number of nitrogens with zero attached hydrogens (tertiary/aromatic N) is 1. The Labute approximate surface area is 128 Å². The maximum absolute atomic E-state index is 5.40. The van der Waals surface area contributed by atoms with Crippen molar-refractivity contribution in [1.29, 1.82) is 0 Å². The minimum Gasteiger partial charge on any atom is -0.382 e. The van der Waals surface area contributed by atoms with Gasteiger partial charge in [-0.3, -0.25) is 4.90 Å². The lowest BCUT2D eigenvalue weighted by atomic mass is 10.1. The SMILES string of the molecule is CCC1CCC(Nc2ccc(CN3CCOCC3)cc2)C1. The average Bonchev–Trinajstić information content (AvgIpc) is 2.98. The highest BCUT2D eigenvalue weighted by Crippen LogP contribution is 2.30. The van der Waals surface area contributed by atoms with E-state index in [1.807, 2.05) is 0 Å². The Bertz CT molecular complexity index is 425. The molecule has 0 radical (unpaired) electrons. The van der Waals surface area contributed by atoms with Crippen LogP contribution >= 0.6 is 0 Å². The number of ether oxygens (including phenoxy) is 1. The number of hydrogen-bond acceptors (Lipinski definition) is 3. The molecule has 1 saturated carbocycles. The van der Waals surface area contributed by atoms with Crippen LogP contribution in [0, 0.1) is 5.92 Å². The number of anilines is 1. The van der Waals surface area contributed by atoms with Crippen molar-refractivity contribution in [3.63, 3.8) is 0 Å². The molecule has 116 valence electrons. The van der Waals surface area contributed by atoms with Crippen molar-refractivity contribution in [3.05, 3.63) is 29.8 Å². The van der Waals surface area contributed by atoms with Gasteiger partial charge in [0, 0.05) is 31.4 Å². The highest BCUT2D eigenvalue weighted by atomic mass is 16.5. The molecule has 1 aromatic carbocycles. The van der Waals surface area contributed by atoms with Crippen LogP contribution in [-0.4, -0.2) is 37.2 Å². The molecule has 3 rings (SSSR count). The number of nitrogens with one attached hydrogen (secondary N) is 1. The molecule has 2 fully saturated rings. The fourth-order valence-corrected chi connectivity index (χ4v) is 3.54. The Hall–Kier alpha value is -1.06. The third-order valence-electron chi connectivity index (χ3n) is 4.95. The molecule has 1 N–H and O–H groups in total. The van der Waals surface area contributed by atoms with Gasteiger partial charge in [0.25, 0.3) is 0 Å². The van der Waals surface area contributed by atoms with Gasteiger partial charge in [-0.15, -0.1) is 0 Å². The van der Waals surface area contributed by atoms with Crippen molar-refractivity contribution in [2.24, 2.45) is 5.92 Å². The fraction of sp³-hybridized carbons (Fsp3) is 0.667. The quantitative estimate of drug-likeness (QED) is 0.897. The molecule has 1 aromatic rings. The van der Waals surface area contributed by atoms with Crippen LogP contribution in [0.2, 0.25) is 0 Å². The van der Waals surface area contributed by atoms with Crippen LogP contribution in [0.4, 0.5) is 5.69 Å². The summed E-state index contributed by atoms with van der Waals surface area (Å²) in [4.78, 5) is 2.47. The highest BCUT2D eigenvalue weighted by Gasteiger charge is 2.22. The molecule has 0 bridgehead atoms. The molecular weight excluding hydrogens is 260 g/mol. The molecule has 2 aliphatic rings. The van der Waals surface area contributed by atoms with Crippen molar-refractivity contribution < 1.29 is 4.74 Å². The Balaban J connectivity index is 1.49. The molecular formula is C18H28N2O. The van der Waals surface area contributed by atoms with E-state index in [9.17, 15) is 0 Å². The average molecular weight is 288 g/mol. The number of hydrogen-bond donors (Lipinski definition) is 1. The molecule has 1 aliphatic carbocycles. The zero-order valence-electron chi connectivity index (χ0n) is 13.2. The van der Waals surface area contributed by atoms with Gasteiger partial charge in [-0.2, -0.15) is 0 Å². The predicted molar refractivity (Wildman–Crippen MR) is 87.6 cm³/mol. The van der Waals surface area contributed by atoms with Gasteiger partial charge in [0.2, 0.25) is 0 Å². The van der Waals surface area contributed by atoms with Crippen LogP contribution in [0.1, 0.15) is 38.2 Å². The first-order valence-corrected chi connectivity index (χ1v) is 8.49. The van der Waals surface area contributed by atoms with Crippen LogP contribution in [-0.2, 0) is 11.3 Å². The maximum Gasteiger partial charge on any atom is 0.0594 e. The predicted octanol–water partition coefficient (Wildman–Crippen LogP) is 3.51. The zero-order valence-corrected chi connectivity index (χ0v) is 13.2. The number of morpholine rings is 1. The topological polar surface area (TPSA) is 24.5 Å². The lowest BCUT2D eigenvalue weighted by molar-refractivity contribution is 0.0342. The van der Waals surface area contributed by atoms with E-state index in [2.05, 4.69) is 41.4 Å². The largest absolute Gasteiger partial charge is 0.382 e. The Kier molecular flexibility index (Phi) is 5.15. The summed E-state index contributed by atoms with van der Waals surface area (Å²) >= 11 is 0. The van der Waals surface area contributed by atoms with Gasteiger partial charge in [-0.1, -0.05) is 25.5 Å². The Morgan fingerprint density at radius 2 is 1.90 bits per heavy atom. The normalized spacial score (nSPS) is 26.9. The summed E-state index contributed by atoms with van der Waals surface area (Å²) in [6, 6.07) is 9.71. The van der Waals surface area contributed by atoms with Gasteiger partial charge in [0.05, 0.1) is 13.2 Å². The molecule has 0 amide bonds. The van der Waals surface area contributed by atoms with Crippen molar-refractivity contribution in [2.45, 2.75) is 45.2 Å². The van der Waals surface area contributed by atoms with Crippen LogP contribution < -0.4 is 5.32 Å². The monoisotopic (exact) mass is 288 g/mol. The first kappa shape index (κ1) is 14.9. The second kappa shape index (κ2) is 7.28. The number of benzene rings is 1. The van der Waals surface area contributed by atoms with E-state index in [1.165, 1.54) is 36.9 Å². The standard InChI is InChI=1S/C18H28N2O/c1-2-15-3-8-18(13-15)19-17-6-4-16(5-7-17)14-20-9-11-21-12-10-20/h4-7,15,18-19H,2-3,8-14H2,1H3. The van der Waals surface area contributed by atoms with E-state index in [0.717, 1.165) is 38.8 Å². The molecule has 0 spiro atoms. The first-order valence-electron chi connectivity index (χ1n) is 8.49. The summed E-state index contributed by atoms with van der Waals surface area (Å²) < 4.78 is 5.40. The van der Waals surface area contributed by atoms with Crippen LogP contribution in [0.15, 0.2) is 24.3 Å². The zero-order chi connectivity index (χ0) is 14.5. The third kappa shape index (κ3) is 4.21. The summed E-state index contributed by atoms with van der Waals surface area (Å²) in [5, 5.41) is 3.70. The summed E-state index contributed by atoms with van der Waals surface area (Å²) in [7, 11) is 0. The summed E-state index contributed by atoms with van der Waals surface area (Å²) in [6.45, 7) is 7.22. The van der Waals surface area contributed by atoms with Crippen LogP contribution in [0.3, 0.4) is 0 Å². The van der Waals surface area contributed by atoms with Crippen LogP contribution in [0.25, 0.3) is 0 Å². The molecule has 21 heavy (non-hydrogen) atoms. The molecule has 2 atom stereocenters. The lowest BCUT2D eigenvalue weighted by Gasteiger charge is -2.26. The van der Waals surface area contributed by atoms with E-state index in [0.29, 0.717) is 6.04 Å². The Morgan fingerprint density at radius 3 is 2.57 bits per heavy atom. The second-order valence-electron chi connectivity index (χ2n) is 6.51. The molecule has 1 aliphatic heterocycles. The van der Waals surface area contributed by atoms with Crippen molar-refractivity contribution in [1.82, 2.24) is 4.90 Å². The summed E-state index contributed by atoms with van der Waals surface area (Å²) in [6.07, 6.45) is 5.39. The molecule has 0 aromatic heterocycles. The minimum atomic E-state index is 0.681. The van der Waals surface area contributed by atoms with E-state index < -0.39 is 0 Å². The summed E-state index contributed by atoms with van der Waals surface area (Å²) in [5.41, 5.74) is 2.68. The fourth-order valence-electron chi connectivity index (χ4n) is 3.54. The van der Waals surface area contributed by atoms with Crippen molar-refractivity contribution in [2.75, 3.05) is 31.6 Å².